The van der Waals surface area contributed by atoms with Gasteiger partial charge in [-0.2, -0.15) is 0 Å². The molecule has 0 aliphatic carbocycles. The van der Waals surface area contributed by atoms with Gasteiger partial charge in [0.1, 0.15) is 0 Å². The van der Waals surface area contributed by atoms with Crippen molar-refractivity contribution in [2.24, 2.45) is 0 Å². The molecule has 108 valence electrons. The van der Waals surface area contributed by atoms with Crippen LogP contribution in [0.2, 0.25) is 16.6 Å². The highest BCUT2D eigenvalue weighted by Gasteiger charge is 2.44. The molecule has 0 aromatic carbocycles. The summed E-state index contributed by atoms with van der Waals surface area (Å²) in [4.78, 5) is 14.2. The lowest BCUT2D eigenvalue weighted by Crippen LogP contribution is -2.47. The Morgan fingerprint density at radius 3 is 2.00 bits per heavy atom. The van der Waals surface area contributed by atoms with Crippen LogP contribution in [0.3, 0.4) is 0 Å². The van der Waals surface area contributed by atoms with Crippen LogP contribution in [0.4, 0.5) is 0 Å². The SMILES string of the molecule is CC(C)[Si](OCc1cccc(=O)[nH]1)(C(C)C)C(C)C. The molecule has 0 bridgehead atoms. The number of nitrogens with one attached hydrogen (secondary N) is 1. The molecule has 0 fully saturated rings. The lowest BCUT2D eigenvalue weighted by atomic mass is 10.4. The van der Waals surface area contributed by atoms with Crippen LogP contribution < -0.4 is 5.56 Å². The van der Waals surface area contributed by atoms with Gasteiger partial charge in [0.25, 0.3) is 0 Å². The molecule has 19 heavy (non-hydrogen) atoms. The van der Waals surface area contributed by atoms with Crippen LogP contribution in [0.25, 0.3) is 0 Å². The lowest BCUT2D eigenvalue weighted by Gasteiger charge is -2.42. The third-order valence-corrected chi connectivity index (χ3v) is 10.1. The summed E-state index contributed by atoms with van der Waals surface area (Å²) >= 11 is 0. The molecule has 0 aliphatic rings. The molecule has 0 amide bonds. The highest BCUT2D eigenvalue weighted by Crippen LogP contribution is 2.42. The summed E-state index contributed by atoms with van der Waals surface area (Å²) in [5.41, 5.74) is 2.48. The van der Waals surface area contributed by atoms with E-state index in [1.54, 1.807) is 6.07 Å². The van der Waals surface area contributed by atoms with Crippen LogP contribution in [-0.4, -0.2) is 13.3 Å². The molecule has 1 aromatic heterocycles. The molecule has 1 N–H and O–H groups in total. The summed E-state index contributed by atoms with van der Waals surface area (Å²) in [7, 11) is -1.85. The minimum Gasteiger partial charge on any atom is -0.410 e. The number of aromatic amines is 1. The molecular weight excluding hydrogens is 254 g/mol. The van der Waals surface area contributed by atoms with Gasteiger partial charge in [-0.25, -0.2) is 0 Å². The molecule has 4 heteroatoms. The lowest BCUT2D eigenvalue weighted by molar-refractivity contribution is 0.261. The van der Waals surface area contributed by atoms with Crippen LogP contribution in [-0.2, 0) is 11.0 Å². The largest absolute Gasteiger partial charge is 0.410 e. The first-order valence-electron chi connectivity index (χ1n) is 7.12. The van der Waals surface area contributed by atoms with Crippen molar-refractivity contribution in [3.8, 4) is 0 Å². The van der Waals surface area contributed by atoms with E-state index in [0.717, 1.165) is 5.69 Å². The minimum absolute atomic E-state index is 0.0630. The first-order chi connectivity index (χ1) is 8.80. The molecule has 0 radical (unpaired) electrons. The van der Waals surface area contributed by atoms with E-state index in [0.29, 0.717) is 23.2 Å². The minimum atomic E-state index is -1.85. The predicted octanol–water partition coefficient (Wildman–Crippen LogP) is 4.07. The summed E-state index contributed by atoms with van der Waals surface area (Å²) in [6.07, 6.45) is 0. The van der Waals surface area contributed by atoms with Crippen molar-refractivity contribution in [3.63, 3.8) is 0 Å². The van der Waals surface area contributed by atoms with Crippen LogP contribution in [0.1, 0.15) is 47.2 Å². The number of H-pyrrole nitrogens is 1. The van der Waals surface area contributed by atoms with Crippen molar-refractivity contribution in [2.75, 3.05) is 0 Å². The van der Waals surface area contributed by atoms with Gasteiger partial charge in [0, 0.05) is 11.8 Å². The third kappa shape index (κ3) is 3.57. The quantitative estimate of drug-likeness (QED) is 0.799. The van der Waals surface area contributed by atoms with Crippen molar-refractivity contribution in [1.82, 2.24) is 4.98 Å². The Morgan fingerprint density at radius 1 is 1.05 bits per heavy atom. The topological polar surface area (TPSA) is 42.1 Å². The average Bonchev–Trinajstić information content (AvgIpc) is 2.28. The molecule has 0 saturated heterocycles. The Kier molecular flexibility index (Phi) is 5.56. The van der Waals surface area contributed by atoms with E-state index in [9.17, 15) is 4.79 Å². The summed E-state index contributed by atoms with van der Waals surface area (Å²) in [5, 5.41) is 0. The van der Waals surface area contributed by atoms with E-state index in [1.165, 1.54) is 6.07 Å². The second-order valence-electron chi connectivity index (χ2n) is 6.15. The number of hydrogen-bond acceptors (Lipinski definition) is 2. The smallest absolute Gasteiger partial charge is 0.248 e. The van der Waals surface area contributed by atoms with Gasteiger partial charge >= 0.3 is 0 Å². The zero-order chi connectivity index (χ0) is 14.6. The van der Waals surface area contributed by atoms with E-state index in [2.05, 4.69) is 46.5 Å². The Hall–Kier alpha value is -0.873. The molecule has 1 aromatic rings. The maximum absolute atomic E-state index is 11.3. The van der Waals surface area contributed by atoms with Gasteiger partial charge in [-0.3, -0.25) is 4.79 Å². The molecule has 3 nitrogen and oxygen atoms in total. The third-order valence-electron chi connectivity index (χ3n) is 4.01. The second kappa shape index (κ2) is 6.53. The Bertz CT molecular complexity index is 430. The Labute approximate surface area is 117 Å². The number of hydrogen-bond donors (Lipinski definition) is 1. The van der Waals surface area contributed by atoms with Gasteiger partial charge in [-0.05, 0) is 22.7 Å². The van der Waals surface area contributed by atoms with E-state index in [-0.39, 0.29) is 5.56 Å². The highest BCUT2D eigenvalue weighted by atomic mass is 28.4. The number of pyridine rings is 1. The van der Waals surface area contributed by atoms with Gasteiger partial charge in [0.2, 0.25) is 13.9 Å². The van der Waals surface area contributed by atoms with Crippen molar-refractivity contribution in [2.45, 2.75) is 64.8 Å². The van der Waals surface area contributed by atoms with Crippen molar-refractivity contribution in [1.29, 1.82) is 0 Å². The van der Waals surface area contributed by atoms with E-state index in [1.807, 2.05) is 6.07 Å². The zero-order valence-electron chi connectivity index (χ0n) is 13.0. The predicted molar refractivity (Wildman–Crippen MR) is 82.9 cm³/mol. The van der Waals surface area contributed by atoms with Gasteiger partial charge in [0.15, 0.2) is 0 Å². The molecule has 0 unspecified atom stereocenters. The van der Waals surface area contributed by atoms with Crippen molar-refractivity contribution in [3.05, 3.63) is 34.2 Å². The molecule has 1 rings (SSSR count). The fraction of sp³-hybridized carbons (Fsp3) is 0.667. The molecule has 0 spiro atoms. The molecule has 0 aliphatic heterocycles. The van der Waals surface area contributed by atoms with Crippen molar-refractivity contribution >= 4 is 8.32 Å². The van der Waals surface area contributed by atoms with E-state index in [4.69, 9.17) is 4.43 Å². The summed E-state index contributed by atoms with van der Waals surface area (Å²) < 4.78 is 6.42. The van der Waals surface area contributed by atoms with Crippen LogP contribution in [0.15, 0.2) is 23.0 Å². The van der Waals surface area contributed by atoms with E-state index < -0.39 is 8.32 Å². The molecule has 0 atom stereocenters. The fourth-order valence-corrected chi connectivity index (χ4v) is 8.69. The van der Waals surface area contributed by atoms with E-state index >= 15 is 0 Å². The van der Waals surface area contributed by atoms with Gasteiger partial charge < -0.3 is 9.41 Å². The normalized spacial score (nSPS) is 12.7. The maximum Gasteiger partial charge on any atom is 0.248 e. The standard InChI is InChI=1S/C15H27NO2Si/c1-11(2)19(12(3)4,13(5)6)18-10-14-8-7-9-15(17)16-14/h7-9,11-13H,10H2,1-6H3,(H,16,17). The van der Waals surface area contributed by atoms with Gasteiger partial charge in [0.05, 0.1) is 6.61 Å². The molecule has 0 saturated carbocycles. The first-order valence-corrected chi connectivity index (χ1v) is 9.26. The fourth-order valence-electron chi connectivity index (χ4n) is 3.28. The number of rotatable bonds is 6. The highest BCUT2D eigenvalue weighted by molar-refractivity contribution is 6.77. The Balaban J connectivity index is 2.93. The number of aromatic nitrogens is 1. The molecule has 1 heterocycles. The van der Waals surface area contributed by atoms with Crippen molar-refractivity contribution < 1.29 is 4.43 Å². The second-order valence-corrected chi connectivity index (χ2v) is 11.6. The van der Waals surface area contributed by atoms with Gasteiger partial charge in [-0.1, -0.05) is 47.6 Å². The summed E-state index contributed by atoms with van der Waals surface area (Å²) in [6.45, 7) is 14.1. The summed E-state index contributed by atoms with van der Waals surface area (Å²) in [5.74, 6) is 0. The van der Waals surface area contributed by atoms with Gasteiger partial charge in [-0.15, -0.1) is 0 Å². The molecular formula is C15H27NO2Si. The van der Waals surface area contributed by atoms with Crippen LogP contribution >= 0.6 is 0 Å². The Morgan fingerprint density at radius 2 is 1.58 bits per heavy atom. The van der Waals surface area contributed by atoms with Crippen LogP contribution in [0.5, 0.6) is 0 Å². The first kappa shape index (κ1) is 16.2. The average molecular weight is 281 g/mol. The monoisotopic (exact) mass is 281 g/mol. The van der Waals surface area contributed by atoms with Crippen LogP contribution in [0, 0.1) is 0 Å². The maximum atomic E-state index is 11.3. The summed E-state index contributed by atoms with van der Waals surface area (Å²) in [6, 6.07) is 5.23. The zero-order valence-corrected chi connectivity index (χ0v) is 14.0.